The second kappa shape index (κ2) is 3.84. The summed E-state index contributed by atoms with van der Waals surface area (Å²) in [5.74, 6) is 0.121. The molecule has 1 saturated heterocycles. The van der Waals surface area contributed by atoms with Crippen LogP contribution in [0.25, 0.3) is 0 Å². The molecule has 1 rings (SSSR count). The summed E-state index contributed by atoms with van der Waals surface area (Å²) in [7, 11) is 0. The molecule has 1 fully saturated rings. The SMILES string of the molecule is [2H]C1C(C(C)(C)C)CCN(C(C)(C)C)C1([2H])[2H]. The van der Waals surface area contributed by atoms with Gasteiger partial charge in [0, 0.05) is 9.65 Å². The van der Waals surface area contributed by atoms with E-state index in [9.17, 15) is 0 Å². The minimum Gasteiger partial charge on any atom is -0.298 e. The summed E-state index contributed by atoms with van der Waals surface area (Å²) >= 11 is 0. The summed E-state index contributed by atoms with van der Waals surface area (Å²) in [5.41, 5.74) is -0.213. The van der Waals surface area contributed by atoms with Crippen LogP contribution in [0.3, 0.4) is 0 Å². The van der Waals surface area contributed by atoms with Crippen molar-refractivity contribution in [3.63, 3.8) is 0 Å². The summed E-state index contributed by atoms with van der Waals surface area (Å²) in [6.45, 7) is 11.6. The molecule has 0 N–H and O–H groups in total. The predicted octanol–water partition coefficient (Wildman–Crippen LogP) is 3.54. The van der Waals surface area contributed by atoms with Gasteiger partial charge in [-0.25, -0.2) is 0 Å². The molecule has 1 heterocycles. The predicted molar refractivity (Wildman–Crippen MR) is 63.5 cm³/mol. The summed E-state index contributed by atoms with van der Waals surface area (Å²) in [6.07, 6.45) is 0.240. The van der Waals surface area contributed by atoms with Crippen molar-refractivity contribution in [1.29, 1.82) is 0 Å². The summed E-state index contributed by atoms with van der Waals surface area (Å²) < 4.78 is 24.8. The Morgan fingerprint density at radius 1 is 1.14 bits per heavy atom. The van der Waals surface area contributed by atoms with Crippen LogP contribution in [0, 0.1) is 11.3 Å². The largest absolute Gasteiger partial charge is 0.298 e. The van der Waals surface area contributed by atoms with Gasteiger partial charge >= 0.3 is 0 Å². The number of rotatable bonds is 0. The van der Waals surface area contributed by atoms with Gasteiger partial charge in [0.15, 0.2) is 0 Å². The van der Waals surface area contributed by atoms with Gasteiger partial charge in [-0.2, -0.15) is 0 Å². The van der Waals surface area contributed by atoms with E-state index in [2.05, 4.69) is 20.8 Å². The van der Waals surface area contributed by atoms with Crippen molar-refractivity contribution in [2.75, 3.05) is 13.0 Å². The lowest BCUT2D eigenvalue weighted by molar-refractivity contribution is 0.0532. The molecule has 1 aliphatic rings. The third kappa shape index (κ3) is 2.98. The highest BCUT2D eigenvalue weighted by Gasteiger charge is 2.32. The van der Waals surface area contributed by atoms with Crippen molar-refractivity contribution in [3.8, 4) is 0 Å². The molecule has 1 heteroatoms. The van der Waals surface area contributed by atoms with Crippen molar-refractivity contribution >= 4 is 0 Å². The van der Waals surface area contributed by atoms with Gasteiger partial charge in [0.2, 0.25) is 0 Å². The molecule has 0 aromatic rings. The molecule has 84 valence electrons. The van der Waals surface area contributed by atoms with E-state index < -0.39 is 12.9 Å². The molecule has 0 radical (unpaired) electrons. The van der Waals surface area contributed by atoms with Crippen LogP contribution in [0.15, 0.2) is 0 Å². The Morgan fingerprint density at radius 2 is 1.71 bits per heavy atom. The lowest BCUT2D eigenvalue weighted by atomic mass is 9.75. The number of nitrogens with zero attached hydrogens (tertiary/aromatic N) is 1. The number of piperidine rings is 1. The van der Waals surface area contributed by atoms with Crippen LogP contribution in [0.4, 0.5) is 0 Å². The summed E-state index contributed by atoms with van der Waals surface area (Å²) in [6, 6.07) is 0. The second-order valence-corrected chi connectivity index (χ2v) is 6.38. The highest BCUT2D eigenvalue weighted by Crippen LogP contribution is 2.35. The maximum absolute atomic E-state index is 8.28. The molecule has 14 heavy (non-hydrogen) atoms. The highest BCUT2D eigenvalue weighted by atomic mass is 15.2. The van der Waals surface area contributed by atoms with Gasteiger partial charge in [-0.15, -0.1) is 0 Å². The lowest BCUT2D eigenvalue weighted by Crippen LogP contribution is -2.47. The van der Waals surface area contributed by atoms with E-state index in [0.717, 1.165) is 13.0 Å². The molecule has 0 aromatic heterocycles. The molecule has 2 unspecified atom stereocenters. The first-order valence-electron chi connectivity index (χ1n) is 7.16. The first-order chi connectivity index (χ1) is 7.38. The van der Waals surface area contributed by atoms with Crippen LogP contribution in [-0.2, 0) is 0 Å². The van der Waals surface area contributed by atoms with Gasteiger partial charge in [-0.1, -0.05) is 20.8 Å². The van der Waals surface area contributed by atoms with Crippen LogP contribution < -0.4 is 0 Å². The average molecular weight is 200 g/mol. The van der Waals surface area contributed by atoms with Crippen LogP contribution in [-0.4, -0.2) is 23.5 Å². The van der Waals surface area contributed by atoms with E-state index in [-0.39, 0.29) is 16.9 Å². The Morgan fingerprint density at radius 3 is 2.14 bits per heavy atom. The van der Waals surface area contributed by atoms with Gasteiger partial charge in [0.25, 0.3) is 0 Å². The van der Waals surface area contributed by atoms with Gasteiger partial charge < -0.3 is 0 Å². The minimum absolute atomic E-state index is 0.00371. The molecule has 0 amide bonds. The quantitative estimate of drug-likeness (QED) is 0.578. The molecule has 2 atom stereocenters. The van der Waals surface area contributed by atoms with Crippen LogP contribution in [0.2, 0.25) is 0 Å². The Balaban J connectivity index is 2.99. The smallest absolute Gasteiger partial charge is 0.0431 e. The van der Waals surface area contributed by atoms with Crippen LogP contribution in [0.5, 0.6) is 0 Å². The fourth-order valence-corrected chi connectivity index (χ4v) is 1.81. The maximum Gasteiger partial charge on any atom is 0.0431 e. The Kier molecular flexibility index (Phi) is 2.24. The third-order valence-electron chi connectivity index (χ3n) is 3.02. The van der Waals surface area contributed by atoms with E-state index >= 15 is 0 Å². The first-order valence-corrected chi connectivity index (χ1v) is 5.58. The van der Waals surface area contributed by atoms with Gasteiger partial charge in [-0.05, 0) is 58.0 Å². The molecule has 0 bridgehead atoms. The van der Waals surface area contributed by atoms with E-state index in [1.165, 1.54) is 0 Å². The maximum atomic E-state index is 8.28. The van der Waals surface area contributed by atoms with E-state index in [0.29, 0.717) is 0 Å². The van der Waals surface area contributed by atoms with Gasteiger partial charge in [0.05, 0.1) is 0 Å². The highest BCUT2D eigenvalue weighted by molar-refractivity contribution is 4.85. The van der Waals surface area contributed by atoms with Crippen molar-refractivity contribution in [3.05, 3.63) is 0 Å². The van der Waals surface area contributed by atoms with E-state index in [1.807, 2.05) is 25.7 Å². The molecule has 0 aliphatic carbocycles. The minimum atomic E-state index is -1.53. The summed E-state index contributed by atoms with van der Waals surface area (Å²) in [5, 5.41) is 0. The molecular formula is C13H27N. The van der Waals surface area contributed by atoms with Crippen LogP contribution in [0.1, 0.15) is 58.5 Å². The lowest BCUT2D eigenvalue weighted by Gasteiger charge is -2.44. The Labute approximate surface area is 94.1 Å². The Bertz CT molecular complexity index is 275. The standard InChI is InChI=1S/C13H27N/c1-12(2,3)11-7-9-14(10-8-11)13(4,5)6/h11H,7-10H2,1-6H3/i7D,9D2. The number of hydrogen-bond donors (Lipinski definition) is 0. The van der Waals surface area contributed by atoms with Crippen molar-refractivity contribution in [2.24, 2.45) is 11.3 Å². The fourth-order valence-electron chi connectivity index (χ4n) is 1.81. The van der Waals surface area contributed by atoms with E-state index in [1.54, 1.807) is 0 Å². The van der Waals surface area contributed by atoms with Crippen molar-refractivity contribution < 1.29 is 4.11 Å². The monoisotopic (exact) mass is 200 g/mol. The van der Waals surface area contributed by atoms with Gasteiger partial charge in [0.1, 0.15) is 0 Å². The zero-order valence-corrected chi connectivity index (χ0v) is 10.5. The van der Waals surface area contributed by atoms with Crippen LogP contribution >= 0.6 is 0 Å². The zero-order chi connectivity index (χ0) is 13.6. The molecule has 1 nitrogen and oxygen atoms in total. The average Bonchev–Trinajstić information content (AvgIpc) is 2.04. The topological polar surface area (TPSA) is 3.24 Å². The van der Waals surface area contributed by atoms with Crippen molar-refractivity contribution in [1.82, 2.24) is 4.90 Å². The zero-order valence-electron chi connectivity index (χ0n) is 13.5. The third-order valence-corrected chi connectivity index (χ3v) is 3.02. The number of hydrogen-bond acceptors (Lipinski definition) is 1. The number of likely N-dealkylation sites (tertiary alicyclic amines) is 1. The summed E-state index contributed by atoms with van der Waals surface area (Å²) in [4.78, 5) is 1.85. The molecule has 0 aromatic carbocycles. The molecule has 0 saturated carbocycles. The van der Waals surface area contributed by atoms with Gasteiger partial charge in [-0.3, -0.25) is 4.90 Å². The normalized spacial score (nSPS) is 38.6. The first kappa shape index (κ1) is 8.15. The molecule has 1 aliphatic heterocycles. The molecular weight excluding hydrogens is 170 g/mol. The molecule has 0 spiro atoms. The van der Waals surface area contributed by atoms with Crippen molar-refractivity contribution in [2.45, 2.75) is 59.9 Å². The fraction of sp³-hybridized carbons (Fsp3) is 1.00. The van der Waals surface area contributed by atoms with E-state index in [4.69, 9.17) is 4.11 Å². The second-order valence-electron chi connectivity index (χ2n) is 6.38. The Hall–Kier alpha value is -0.0400.